The zero-order chi connectivity index (χ0) is 17.3. The van der Waals surface area contributed by atoms with E-state index < -0.39 is 29.5 Å². The van der Waals surface area contributed by atoms with Crippen molar-refractivity contribution in [1.82, 2.24) is 30.0 Å². The highest BCUT2D eigenvalue weighted by Gasteiger charge is 2.62. The van der Waals surface area contributed by atoms with Crippen LogP contribution in [0.4, 0.5) is 26.7 Å². The van der Waals surface area contributed by atoms with Crippen molar-refractivity contribution in [3.05, 3.63) is 23.8 Å². The van der Waals surface area contributed by atoms with Crippen molar-refractivity contribution in [1.29, 1.82) is 0 Å². The van der Waals surface area contributed by atoms with Crippen LogP contribution in [-0.2, 0) is 12.3 Å². The van der Waals surface area contributed by atoms with Crippen LogP contribution >= 0.6 is 0 Å². The Morgan fingerprint density at radius 1 is 1.22 bits per heavy atom. The summed E-state index contributed by atoms with van der Waals surface area (Å²) in [4.78, 5) is 12.1. The molecule has 0 amide bonds. The maximum atomic E-state index is 13.6. The summed E-state index contributed by atoms with van der Waals surface area (Å²) in [7, 11) is 0. The number of hydrogen-bond acceptors (Lipinski definition) is 5. The van der Waals surface area contributed by atoms with Gasteiger partial charge in [0, 0.05) is 0 Å². The van der Waals surface area contributed by atoms with Crippen molar-refractivity contribution in [2.75, 3.05) is 0 Å². The van der Waals surface area contributed by atoms with E-state index in [2.05, 4.69) is 20.6 Å². The lowest BCUT2D eigenvalue weighted by atomic mass is 10.1. The molecule has 0 radical (unpaired) electrons. The molecule has 0 aliphatic heterocycles. The lowest BCUT2D eigenvalue weighted by molar-refractivity contribution is -0.291. The normalized spacial score (nSPS) is 12.6. The molecule has 0 aliphatic carbocycles. The van der Waals surface area contributed by atoms with Gasteiger partial charge in [0.2, 0.25) is 0 Å². The summed E-state index contributed by atoms with van der Waals surface area (Å²) < 4.78 is 65.9. The maximum absolute atomic E-state index is 13.6. The first kappa shape index (κ1) is 17.0. The van der Waals surface area contributed by atoms with Gasteiger partial charge in [-0.2, -0.15) is 31.3 Å². The summed E-state index contributed by atoms with van der Waals surface area (Å²) >= 11 is 0. The highest BCUT2D eigenvalue weighted by molar-refractivity contribution is 5.78. The first-order valence-electron chi connectivity index (χ1n) is 6.50. The zero-order valence-corrected chi connectivity index (χ0v) is 11.8. The Hall–Kier alpha value is -2.40. The van der Waals surface area contributed by atoms with E-state index in [4.69, 9.17) is 0 Å². The highest BCUT2D eigenvalue weighted by Crippen LogP contribution is 2.44. The number of hydrogen-bond donors (Lipinski definition) is 0. The van der Waals surface area contributed by atoms with E-state index in [9.17, 15) is 26.7 Å². The van der Waals surface area contributed by atoms with Gasteiger partial charge in [0.1, 0.15) is 0 Å². The monoisotopic (exact) mass is 338 g/mol. The fraction of sp³-hybridized carbons (Fsp3) is 0.545. The van der Waals surface area contributed by atoms with Gasteiger partial charge in [-0.3, -0.25) is 0 Å². The number of halogens is 5. The van der Waals surface area contributed by atoms with E-state index in [1.54, 1.807) is 6.92 Å². The number of nitrogens with zero attached hydrogens (tertiary/aromatic N) is 6. The summed E-state index contributed by atoms with van der Waals surface area (Å²) in [6.07, 6.45) is -3.02. The van der Waals surface area contributed by atoms with Gasteiger partial charge in [0.25, 0.3) is 0 Å². The van der Waals surface area contributed by atoms with E-state index in [0.717, 1.165) is 12.4 Å². The van der Waals surface area contributed by atoms with Gasteiger partial charge in [-0.15, -0.1) is 10.2 Å². The molecule has 2 rings (SSSR count). The average Bonchev–Trinajstić information content (AvgIpc) is 3.12. The van der Waals surface area contributed by atoms with Crippen LogP contribution in [0.2, 0.25) is 0 Å². The molecule has 7 nitrogen and oxygen atoms in total. The summed E-state index contributed by atoms with van der Waals surface area (Å²) in [5.41, 5.74) is -2.18. The fourth-order valence-corrected chi connectivity index (χ4v) is 1.81. The van der Waals surface area contributed by atoms with Crippen LogP contribution in [0.5, 0.6) is 0 Å². The van der Waals surface area contributed by atoms with E-state index >= 15 is 0 Å². The quantitative estimate of drug-likeness (QED) is 0.800. The van der Waals surface area contributed by atoms with Crippen molar-refractivity contribution in [2.24, 2.45) is 0 Å². The lowest BCUT2D eigenvalue weighted by Crippen LogP contribution is -2.35. The minimum Gasteiger partial charge on any atom is -0.243 e. The number of rotatable bonds is 4. The lowest BCUT2D eigenvalue weighted by Gasteiger charge is -2.18. The molecule has 2 heterocycles. The standard InChI is InChI=1S/C11H11F5N6O/c1-2-3-4-7-8(10(12,13)11(14,15)16)18-20-22(7)9(23)21-6-5-17-19-21/h5-6H,2-4H2,1H3. The molecule has 0 atom stereocenters. The van der Waals surface area contributed by atoms with Crippen LogP contribution in [0.3, 0.4) is 0 Å². The summed E-state index contributed by atoms with van der Waals surface area (Å²) in [5.74, 6) is -5.21. The predicted octanol–water partition coefficient (Wildman–Crippen LogP) is 2.38. The Kier molecular flexibility index (Phi) is 4.43. The Labute approximate surface area is 126 Å². The van der Waals surface area contributed by atoms with Crippen molar-refractivity contribution in [3.63, 3.8) is 0 Å². The molecule has 2 aromatic heterocycles. The molecule has 0 aromatic carbocycles. The smallest absolute Gasteiger partial charge is 0.243 e. The van der Waals surface area contributed by atoms with Crippen molar-refractivity contribution in [3.8, 4) is 0 Å². The van der Waals surface area contributed by atoms with Crippen LogP contribution in [0, 0.1) is 0 Å². The molecule has 12 heteroatoms. The molecule has 23 heavy (non-hydrogen) atoms. The number of carbonyl (C=O) groups is 1. The van der Waals surface area contributed by atoms with Gasteiger partial charge < -0.3 is 0 Å². The third kappa shape index (κ3) is 3.05. The van der Waals surface area contributed by atoms with Crippen LogP contribution in [0.25, 0.3) is 0 Å². The maximum Gasteiger partial charge on any atom is 0.459 e. The van der Waals surface area contributed by atoms with Gasteiger partial charge in [-0.1, -0.05) is 23.8 Å². The molecule has 0 saturated heterocycles. The van der Waals surface area contributed by atoms with E-state index in [-0.39, 0.29) is 12.8 Å². The molecular weight excluding hydrogens is 327 g/mol. The second-order valence-corrected chi connectivity index (χ2v) is 4.60. The molecule has 0 N–H and O–H groups in total. The van der Waals surface area contributed by atoms with Crippen molar-refractivity contribution >= 4 is 6.03 Å². The summed E-state index contributed by atoms with van der Waals surface area (Å²) in [6.45, 7) is 1.72. The molecule has 0 aliphatic rings. The molecular formula is C11H11F5N6O. The molecule has 0 fully saturated rings. The Balaban J connectivity index is 2.51. The fourth-order valence-electron chi connectivity index (χ4n) is 1.81. The second kappa shape index (κ2) is 6.01. The Morgan fingerprint density at radius 3 is 2.43 bits per heavy atom. The largest absolute Gasteiger partial charge is 0.459 e. The van der Waals surface area contributed by atoms with Gasteiger partial charge >= 0.3 is 18.1 Å². The Morgan fingerprint density at radius 2 is 1.91 bits per heavy atom. The number of alkyl halides is 5. The molecule has 2 aromatic rings. The molecule has 0 spiro atoms. The van der Waals surface area contributed by atoms with E-state index in [0.29, 0.717) is 15.8 Å². The van der Waals surface area contributed by atoms with Crippen LogP contribution in [0.15, 0.2) is 12.4 Å². The van der Waals surface area contributed by atoms with Gasteiger partial charge in [0.05, 0.1) is 18.1 Å². The predicted molar refractivity (Wildman–Crippen MR) is 64.8 cm³/mol. The summed E-state index contributed by atoms with van der Waals surface area (Å²) in [6, 6.07) is -1.05. The topological polar surface area (TPSA) is 78.5 Å². The third-order valence-corrected chi connectivity index (χ3v) is 2.98. The van der Waals surface area contributed by atoms with E-state index in [1.807, 2.05) is 0 Å². The summed E-state index contributed by atoms with van der Waals surface area (Å²) in [5, 5.41) is 12.8. The van der Waals surface area contributed by atoms with E-state index in [1.165, 1.54) is 0 Å². The molecule has 0 unspecified atom stereocenters. The minimum atomic E-state index is -5.84. The zero-order valence-electron chi connectivity index (χ0n) is 11.8. The third-order valence-electron chi connectivity index (χ3n) is 2.98. The average molecular weight is 338 g/mol. The minimum absolute atomic E-state index is 0.217. The molecule has 0 bridgehead atoms. The first-order chi connectivity index (χ1) is 10.7. The molecule has 126 valence electrons. The highest BCUT2D eigenvalue weighted by atomic mass is 19.4. The Bertz CT molecular complexity index is 678. The van der Waals surface area contributed by atoms with Crippen molar-refractivity contribution in [2.45, 2.75) is 38.3 Å². The number of aromatic nitrogens is 6. The van der Waals surface area contributed by atoms with Gasteiger partial charge in [0.15, 0.2) is 5.69 Å². The molecule has 0 saturated carbocycles. The number of unbranched alkanes of at least 4 members (excludes halogenated alkanes) is 1. The van der Waals surface area contributed by atoms with Crippen LogP contribution in [-0.4, -0.2) is 42.2 Å². The van der Waals surface area contributed by atoms with Crippen LogP contribution in [0.1, 0.15) is 31.2 Å². The van der Waals surface area contributed by atoms with Crippen LogP contribution < -0.4 is 0 Å². The first-order valence-corrected chi connectivity index (χ1v) is 6.50. The van der Waals surface area contributed by atoms with Gasteiger partial charge in [-0.25, -0.2) is 4.79 Å². The second-order valence-electron chi connectivity index (χ2n) is 4.60. The van der Waals surface area contributed by atoms with Crippen molar-refractivity contribution < 1.29 is 26.7 Å². The number of carbonyl (C=O) groups excluding carboxylic acids is 1. The van der Waals surface area contributed by atoms with Gasteiger partial charge in [-0.05, 0) is 12.8 Å². The SMILES string of the molecule is CCCCc1c(C(F)(F)C(F)(F)F)nnn1C(=O)n1ccnn1.